The largest absolute Gasteiger partial charge is 0.384 e. The van der Waals surface area contributed by atoms with Gasteiger partial charge < -0.3 is 4.48 Å². The van der Waals surface area contributed by atoms with E-state index in [0.29, 0.717) is 6.42 Å². The molecule has 0 bridgehead atoms. The fourth-order valence-corrected chi connectivity index (χ4v) is 2.08. The molecule has 0 radical (unpaired) electrons. The Labute approximate surface area is 141 Å². The zero-order chi connectivity index (χ0) is 21.4. The summed E-state index contributed by atoms with van der Waals surface area (Å²) in [4.78, 5) is 0. The number of unbranched alkanes of at least 4 members (excludes halogenated alkanes) is 1. The Kier molecular flexibility index (Phi) is 7.02. The van der Waals surface area contributed by atoms with E-state index in [-0.39, 0.29) is 13.0 Å². The van der Waals surface area contributed by atoms with Gasteiger partial charge in [-0.2, -0.15) is 43.9 Å². The lowest BCUT2D eigenvalue weighted by atomic mass is 9.94. The summed E-state index contributed by atoms with van der Waals surface area (Å²) in [6, 6.07) is 0. The van der Waals surface area contributed by atoms with Crippen molar-refractivity contribution >= 4 is 0 Å². The predicted octanol–water partition coefficient (Wildman–Crippen LogP) is 5.30. The maximum absolute atomic E-state index is 13.7. The molecule has 0 saturated heterocycles. The third-order valence-electron chi connectivity index (χ3n) is 3.68. The van der Waals surface area contributed by atoms with Crippen molar-refractivity contribution in [1.82, 2.24) is 0 Å². The Morgan fingerprint density at radius 1 is 0.731 bits per heavy atom. The van der Waals surface area contributed by atoms with Crippen LogP contribution in [0, 0.1) is 0 Å². The molecule has 0 aromatic heterocycles. The van der Waals surface area contributed by atoms with Gasteiger partial charge in [-0.25, -0.2) is 8.78 Å². The molecule has 0 unspecified atom stereocenters. The van der Waals surface area contributed by atoms with Crippen LogP contribution in [0.3, 0.4) is 0 Å². The van der Waals surface area contributed by atoms with Gasteiger partial charge >= 0.3 is 36.0 Å². The fourth-order valence-electron chi connectivity index (χ4n) is 2.08. The Balaban J connectivity index is 5.95. The molecule has 1 nitrogen and oxygen atoms in total. The second-order valence-corrected chi connectivity index (χ2v) is 6.52. The van der Waals surface area contributed by atoms with Crippen molar-refractivity contribution < 1.29 is 57.2 Å². The summed E-state index contributed by atoms with van der Waals surface area (Å²) < 4.78 is 156. The highest BCUT2D eigenvalue weighted by atomic mass is 19.4. The van der Waals surface area contributed by atoms with Crippen molar-refractivity contribution in [3.63, 3.8) is 0 Å². The van der Waals surface area contributed by atoms with E-state index in [1.807, 2.05) is 0 Å². The molecule has 26 heavy (non-hydrogen) atoms. The highest BCUT2D eigenvalue weighted by Crippen LogP contribution is 2.58. The molecule has 0 rings (SSSR count). The molecule has 0 spiro atoms. The zero-order valence-corrected chi connectivity index (χ0v) is 13.9. The van der Waals surface area contributed by atoms with Gasteiger partial charge in [0.25, 0.3) is 0 Å². The second-order valence-electron chi connectivity index (χ2n) is 6.52. The Morgan fingerprint density at radius 2 is 1.15 bits per heavy atom. The molecule has 0 aliphatic carbocycles. The molecule has 13 heteroatoms. The first-order valence-electron chi connectivity index (χ1n) is 7.20. The molecular formula is C13H18F12N+. The van der Waals surface area contributed by atoms with Crippen molar-refractivity contribution in [2.75, 3.05) is 27.2 Å². The van der Waals surface area contributed by atoms with Gasteiger partial charge in [0.2, 0.25) is 0 Å². The average Bonchev–Trinajstić information content (AvgIpc) is 2.42. The van der Waals surface area contributed by atoms with E-state index in [1.165, 1.54) is 0 Å². The molecule has 0 saturated carbocycles. The molecular weight excluding hydrogens is 398 g/mol. The van der Waals surface area contributed by atoms with Gasteiger partial charge in [0.15, 0.2) is 0 Å². The van der Waals surface area contributed by atoms with E-state index in [1.54, 1.807) is 6.92 Å². The topological polar surface area (TPSA) is 0 Å². The Morgan fingerprint density at radius 3 is 1.50 bits per heavy atom. The number of halogens is 12. The molecule has 0 amide bonds. The lowest BCUT2D eigenvalue weighted by Crippen LogP contribution is -2.70. The average molecular weight is 416 g/mol. The van der Waals surface area contributed by atoms with Gasteiger partial charge in [-0.3, -0.25) is 0 Å². The Hall–Kier alpha value is -0.880. The molecule has 0 aromatic carbocycles. The van der Waals surface area contributed by atoms with Crippen LogP contribution in [0.15, 0.2) is 0 Å². The summed E-state index contributed by atoms with van der Waals surface area (Å²) in [6.45, 7) is -0.753. The van der Waals surface area contributed by atoms with Crippen molar-refractivity contribution in [2.45, 2.75) is 55.8 Å². The van der Waals surface area contributed by atoms with Crippen molar-refractivity contribution in [3.05, 3.63) is 0 Å². The van der Waals surface area contributed by atoms with Crippen LogP contribution in [0.5, 0.6) is 0 Å². The first-order chi connectivity index (χ1) is 11.2. The van der Waals surface area contributed by atoms with Crippen LogP contribution < -0.4 is 0 Å². The van der Waals surface area contributed by atoms with Crippen LogP contribution in [0.2, 0.25) is 0 Å². The van der Waals surface area contributed by atoms with E-state index in [4.69, 9.17) is 0 Å². The van der Waals surface area contributed by atoms with Gasteiger partial charge in [0.05, 0.1) is 20.6 Å². The zero-order valence-electron chi connectivity index (χ0n) is 13.9. The number of alkyl halides is 12. The van der Waals surface area contributed by atoms with Crippen LogP contribution in [-0.2, 0) is 0 Å². The summed E-state index contributed by atoms with van der Waals surface area (Å²) in [5.41, 5.74) is 0. The quantitative estimate of drug-likeness (QED) is 0.335. The lowest BCUT2D eigenvalue weighted by Gasteiger charge is -2.41. The molecule has 158 valence electrons. The Bertz CT molecular complexity index is 472. The molecule has 0 heterocycles. The minimum absolute atomic E-state index is 0.185. The van der Waals surface area contributed by atoms with Crippen LogP contribution in [0.4, 0.5) is 52.7 Å². The fraction of sp³-hybridized carbons (Fsp3) is 1.00. The van der Waals surface area contributed by atoms with Crippen LogP contribution in [0.25, 0.3) is 0 Å². The van der Waals surface area contributed by atoms with Crippen molar-refractivity contribution in [3.8, 4) is 0 Å². The number of rotatable bonds is 10. The van der Waals surface area contributed by atoms with Gasteiger partial charge in [-0.15, -0.1) is 0 Å². The smallest absolute Gasteiger partial charge is 0.323 e. The summed E-state index contributed by atoms with van der Waals surface area (Å²) in [7, 11) is 1.81. The van der Waals surface area contributed by atoms with Crippen molar-refractivity contribution in [1.29, 1.82) is 0 Å². The number of nitrogens with zero attached hydrogens (tertiary/aromatic N) is 1. The second kappa shape index (κ2) is 7.27. The lowest BCUT2D eigenvalue weighted by molar-refractivity contribution is -0.900. The van der Waals surface area contributed by atoms with Crippen LogP contribution >= 0.6 is 0 Å². The number of hydrogen-bond donors (Lipinski definition) is 0. The normalized spacial score (nSPS) is 15.7. The monoisotopic (exact) mass is 416 g/mol. The summed E-state index contributed by atoms with van der Waals surface area (Å²) in [5, 5.41) is 0. The van der Waals surface area contributed by atoms with E-state index in [2.05, 4.69) is 0 Å². The third-order valence-corrected chi connectivity index (χ3v) is 3.68. The first kappa shape index (κ1) is 25.1. The number of hydrogen-bond acceptors (Lipinski definition) is 0. The molecule has 0 atom stereocenters. The van der Waals surface area contributed by atoms with Crippen LogP contribution in [-0.4, -0.2) is 67.7 Å². The SMILES string of the molecule is CCCC[N+](C)(C)CC(F)(F)C(F)(F)C(F)(F)C(F)(F)C(F)(F)C(F)F. The molecule has 0 aromatic rings. The van der Waals surface area contributed by atoms with E-state index >= 15 is 0 Å². The van der Waals surface area contributed by atoms with E-state index < -0.39 is 47.1 Å². The molecule has 0 N–H and O–H groups in total. The standard InChI is InChI=1S/C13H18F12N/c1-4-5-6-26(2,3)7-9(16,17)11(20,21)13(24,25)12(22,23)10(18,19)8(14)15/h8H,4-7H2,1-3H3/q+1. The van der Waals surface area contributed by atoms with Crippen molar-refractivity contribution in [2.24, 2.45) is 0 Å². The summed E-state index contributed by atoms with van der Waals surface area (Å²) >= 11 is 0. The summed E-state index contributed by atoms with van der Waals surface area (Å²) in [5.74, 6) is -34.8. The van der Waals surface area contributed by atoms with Gasteiger partial charge in [-0.05, 0) is 6.42 Å². The van der Waals surface area contributed by atoms with Gasteiger partial charge in [0.1, 0.15) is 6.54 Å². The maximum atomic E-state index is 13.7. The summed E-state index contributed by atoms with van der Waals surface area (Å²) in [6.07, 6.45) is -4.90. The minimum atomic E-state index is -7.45. The van der Waals surface area contributed by atoms with Crippen LogP contribution in [0.1, 0.15) is 19.8 Å². The number of quaternary nitrogens is 1. The van der Waals surface area contributed by atoms with E-state index in [0.717, 1.165) is 14.1 Å². The van der Waals surface area contributed by atoms with Gasteiger partial charge in [0, 0.05) is 0 Å². The van der Waals surface area contributed by atoms with E-state index in [9.17, 15) is 52.7 Å². The maximum Gasteiger partial charge on any atom is 0.384 e. The molecule has 0 aliphatic heterocycles. The highest BCUT2D eigenvalue weighted by molar-refractivity contribution is 5.09. The molecule has 0 fully saturated rings. The minimum Gasteiger partial charge on any atom is -0.323 e. The molecule has 0 aliphatic rings. The highest BCUT2D eigenvalue weighted by Gasteiger charge is 2.88. The third kappa shape index (κ3) is 4.16. The predicted molar refractivity (Wildman–Crippen MR) is 67.5 cm³/mol. The first-order valence-corrected chi connectivity index (χ1v) is 7.20. The van der Waals surface area contributed by atoms with Gasteiger partial charge in [-0.1, -0.05) is 13.3 Å².